The van der Waals surface area contributed by atoms with Gasteiger partial charge in [-0.2, -0.15) is 0 Å². The van der Waals surface area contributed by atoms with Crippen molar-refractivity contribution < 1.29 is 9.47 Å². The largest absolute Gasteiger partial charge is 0.496 e. The van der Waals surface area contributed by atoms with E-state index in [2.05, 4.69) is 15.6 Å². The lowest BCUT2D eigenvalue weighted by Gasteiger charge is -2.14. The molecule has 0 saturated carbocycles. The van der Waals surface area contributed by atoms with Crippen LogP contribution in [0.5, 0.6) is 5.75 Å². The van der Waals surface area contributed by atoms with Gasteiger partial charge in [0.1, 0.15) is 23.2 Å². The summed E-state index contributed by atoms with van der Waals surface area (Å²) < 4.78 is 13.5. The van der Waals surface area contributed by atoms with Crippen LogP contribution in [0, 0.1) is 0 Å². The fourth-order valence-electron chi connectivity index (χ4n) is 3.16. The van der Waals surface area contributed by atoms with Crippen molar-refractivity contribution in [1.82, 2.24) is 14.5 Å². The normalized spacial score (nSPS) is 17.7. The van der Waals surface area contributed by atoms with E-state index in [1.54, 1.807) is 7.11 Å². The fraction of sp³-hybridized carbons (Fsp3) is 0.333. The second kappa shape index (κ2) is 6.01. The van der Waals surface area contributed by atoms with Crippen molar-refractivity contribution in [2.45, 2.75) is 25.5 Å². The zero-order valence-corrected chi connectivity index (χ0v) is 13.1. The van der Waals surface area contributed by atoms with E-state index in [-0.39, 0.29) is 6.10 Å². The predicted molar refractivity (Wildman–Crippen MR) is 87.6 cm³/mol. The highest BCUT2D eigenvalue weighted by molar-refractivity contribution is 5.71. The number of para-hydroxylation sites is 1. The van der Waals surface area contributed by atoms with Crippen molar-refractivity contribution in [2.75, 3.05) is 13.7 Å². The highest BCUT2D eigenvalue weighted by Gasteiger charge is 2.25. The van der Waals surface area contributed by atoms with E-state index in [1.807, 2.05) is 36.5 Å². The molecular formula is C18H19N3O2. The van der Waals surface area contributed by atoms with E-state index in [1.165, 1.54) is 0 Å². The summed E-state index contributed by atoms with van der Waals surface area (Å²) in [5.41, 5.74) is 2.91. The molecule has 0 radical (unpaired) electrons. The van der Waals surface area contributed by atoms with Crippen LogP contribution in [0.25, 0.3) is 11.2 Å². The van der Waals surface area contributed by atoms with Crippen molar-refractivity contribution in [3.8, 4) is 5.75 Å². The lowest BCUT2D eigenvalue weighted by atomic mass is 10.2. The van der Waals surface area contributed by atoms with Gasteiger partial charge in [-0.3, -0.25) is 0 Å². The van der Waals surface area contributed by atoms with Gasteiger partial charge in [0.05, 0.1) is 13.7 Å². The fourth-order valence-corrected chi connectivity index (χ4v) is 3.16. The van der Waals surface area contributed by atoms with E-state index in [4.69, 9.17) is 14.5 Å². The van der Waals surface area contributed by atoms with Crippen LogP contribution in [0.2, 0.25) is 0 Å². The number of hydrogen-bond donors (Lipinski definition) is 0. The molecule has 0 amide bonds. The number of pyridine rings is 1. The number of ether oxygens (including phenoxy) is 2. The molecule has 1 aromatic carbocycles. The summed E-state index contributed by atoms with van der Waals surface area (Å²) in [6.45, 7) is 1.47. The maximum Gasteiger partial charge on any atom is 0.160 e. The number of aromatic nitrogens is 3. The highest BCUT2D eigenvalue weighted by atomic mass is 16.5. The van der Waals surface area contributed by atoms with Gasteiger partial charge in [0, 0.05) is 18.4 Å². The lowest BCUT2D eigenvalue weighted by Crippen LogP contribution is -2.10. The van der Waals surface area contributed by atoms with Gasteiger partial charge in [0.25, 0.3) is 0 Å². The van der Waals surface area contributed by atoms with Crippen LogP contribution in [0.1, 0.15) is 30.3 Å². The van der Waals surface area contributed by atoms with Crippen LogP contribution >= 0.6 is 0 Å². The molecule has 0 spiro atoms. The first kappa shape index (κ1) is 14.2. The van der Waals surface area contributed by atoms with Crippen molar-refractivity contribution in [2.24, 2.45) is 0 Å². The molecule has 1 atom stereocenters. The Balaban J connectivity index is 1.82. The summed E-state index contributed by atoms with van der Waals surface area (Å²) in [6.07, 6.45) is 3.95. The SMILES string of the molecule is COc1ccccc1Cn1c(C2CCCO2)nc2cccnc21. The van der Waals surface area contributed by atoms with Gasteiger partial charge in [-0.05, 0) is 31.0 Å². The Morgan fingerprint density at radius 2 is 2.17 bits per heavy atom. The number of fused-ring (bicyclic) bond motifs is 1. The topological polar surface area (TPSA) is 49.2 Å². The summed E-state index contributed by atoms with van der Waals surface area (Å²) >= 11 is 0. The number of benzene rings is 1. The van der Waals surface area contributed by atoms with E-state index < -0.39 is 0 Å². The summed E-state index contributed by atoms with van der Waals surface area (Å²) in [5, 5.41) is 0. The second-order valence-corrected chi connectivity index (χ2v) is 5.72. The predicted octanol–water partition coefficient (Wildman–Crippen LogP) is 3.34. The maximum atomic E-state index is 5.86. The summed E-state index contributed by atoms with van der Waals surface area (Å²) in [7, 11) is 1.70. The second-order valence-electron chi connectivity index (χ2n) is 5.72. The van der Waals surface area contributed by atoms with E-state index in [9.17, 15) is 0 Å². The third kappa shape index (κ3) is 2.57. The van der Waals surface area contributed by atoms with Gasteiger partial charge >= 0.3 is 0 Å². The minimum Gasteiger partial charge on any atom is -0.496 e. The molecule has 4 rings (SSSR count). The first-order valence-corrected chi connectivity index (χ1v) is 7.91. The molecule has 1 aliphatic rings. The Labute approximate surface area is 134 Å². The molecule has 1 aliphatic heterocycles. The standard InChI is InChI=1S/C18H19N3O2/c1-22-15-8-3-2-6-13(15)12-21-17-14(7-4-10-19-17)20-18(21)16-9-5-11-23-16/h2-4,6-8,10,16H,5,9,11-12H2,1H3. The third-order valence-corrected chi connectivity index (χ3v) is 4.27. The molecule has 1 fully saturated rings. The van der Waals surface area contributed by atoms with Crippen LogP contribution < -0.4 is 4.74 Å². The van der Waals surface area contributed by atoms with Crippen LogP contribution in [0.3, 0.4) is 0 Å². The van der Waals surface area contributed by atoms with Crippen molar-refractivity contribution in [3.05, 3.63) is 54.0 Å². The highest BCUT2D eigenvalue weighted by Crippen LogP contribution is 2.31. The van der Waals surface area contributed by atoms with Gasteiger partial charge in [0.15, 0.2) is 5.65 Å². The Morgan fingerprint density at radius 1 is 1.26 bits per heavy atom. The molecule has 23 heavy (non-hydrogen) atoms. The molecule has 1 saturated heterocycles. The molecule has 0 bridgehead atoms. The molecule has 1 unspecified atom stereocenters. The lowest BCUT2D eigenvalue weighted by molar-refractivity contribution is 0.102. The maximum absolute atomic E-state index is 5.86. The zero-order chi connectivity index (χ0) is 15.6. The molecule has 5 nitrogen and oxygen atoms in total. The van der Waals surface area contributed by atoms with E-state index in [0.717, 1.165) is 47.7 Å². The van der Waals surface area contributed by atoms with Crippen molar-refractivity contribution >= 4 is 11.2 Å². The van der Waals surface area contributed by atoms with Crippen LogP contribution in [-0.2, 0) is 11.3 Å². The first-order valence-electron chi connectivity index (χ1n) is 7.91. The minimum absolute atomic E-state index is 0.0545. The number of methoxy groups -OCH3 is 1. The van der Waals surface area contributed by atoms with Crippen LogP contribution in [0.4, 0.5) is 0 Å². The molecule has 0 N–H and O–H groups in total. The Kier molecular flexibility index (Phi) is 3.71. The number of nitrogens with zero attached hydrogens (tertiary/aromatic N) is 3. The molecular weight excluding hydrogens is 290 g/mol. The molecule has 3 aromatic rings. The Hall–Kier alpha value is -2.40. The average molecular weight is 309 g/mol. The van der Waals surface area contributed by atoms with Crippen LogP contribution in [0.15, 0.2) is 42.6 Å². The molecule has 118 valence electrons. The number of imidazole rings is 1. The van der Waals surface area contributed by atoms with E-state index in [0.29, 0.717) is 6.54 Å². The smallest absolute Gasteiger partial charge is 0.160 e. The van der Waals surface area contributed by atoms with Crippen molar-refractivity contribution in [3.63, 3.8) is 0 Å². The average Bonchev–Trinajstić information content (AvgIpc) is 3.23. The quantitative estimate of drug-likeness (QED) is 0.741. The van der Waals surface area contributed by atoms with Gasteiger partial charge in [-0.15, -0.1) is 0 Å². The Morgan fingerprint density at radius 3 is 3.00 bits per heavy atom. The minimum atomic E-state index is 0.0545. The summed E-state index contributed by atoms with van der Waals surface area (Å²) in [6, 6.07) is 12.0. The molecule has 2 aromatic heterocycles. The van der Waals surface area contributed by atoms with Crippen LogP contribution in [-0.4, -0.2) is 28.3 Å². The zero-order valence-electron chi connectivity index (χ0n) is 13.1. The molecule has 0 aliphatic carbocycles. The van der Waals surface area contributed by atoms with Gasteiger partial charge in [-0.25, -0.2) is 9.97 Å². The Bertz CT molecular complexity index is 822. The third-order valence-electron chi connectivity index (χ3n) is 4.27. The van der Waals surface area contributed by atoms with Gasteiger partial charge < -0.3 is 14.0 Å². The monoisotopic (exact) mass is 309 g/mol. The molecule has 5 heteroatoms. The van der Waals surface area contributed by atoms with Gasteiger partial charge in [0.2, 0.25) is 0 Å². The van der Waals surface area contributed by atoms with E-state index >= 15 is 0 Å². The number of hydrogen-bond acceptors (Lipinski definition) is 4. The summed E-state index contributed by atoms with van der Waals surface area (Å²) in [5.74, 6) is 1.84. The summed E-state index contributed by atoms with van der Waals surface area (Å²) in [4.78, 5) is 9.31. The molecule has 3 heterocycles. The first-order chi connectivity index (χ1) is 11.4. The van der Waals surface area contributed by atoms with Gasteiger partial charge in [-0.1, -0.05) is 18.2 Å². The number of rotatable bonds is 4. The van der Waals surface area contributed by atoms with Crippen molar-refractivity contribution in [1.29, 1.82) is 0 Å².